The lowest BCUT2D eigenvalue weighted by atomic mass is 10.0. The number of nitrogens with zero attached hydrogens (tertiary/aromatic N) is 2. The molecule has 1 unspecified atom stereocenters. The molecule has 1 aliphatic rings. The van der Waals surface area contributed by atoms with Crippen LogP contribution in [0.4, 0.5) is 5.69 Å². The first-order valence-corrected chi connectivity index (χ1v) is 12.2. The number of hydrogen-bond acceptors (Lipinski definition) is 6. The highest BCUT2D eigenvalue weighted by Crippen LogP contribution is 2.24. The number of aldehydes is 1. The van der Waals surface area contributed by atoms with Crippen LogP contribution in [-0.2, 0) is 34.0 Å². The molecule has 2 aromatic carbocycles. The second kappa shape index (κ2) is 13.6. The molecule has 0 saturated carbocycles. The third kappa shape index (κ3) is 7.63. The Labute approximate surface area is 208 Å². The Bertz CT molecular complexity index is 973. The third-order valence-corrected chi connectivity index (χ3v) is 6.52. The van der Waals surface area contributed by atoms with E-state index < -0.39 is 6.04 Å². The smallest absolute Gasteiger partial charge is 0.242 e. The molecule has 3 N–H and O–H groups in total. The van der Waals surface area contributed by atoms with Crippen LogP contribution in [0.25, 0.3) is 0 Å². The fourth-order valence-corrected chi connectivity index (χ4v) is 4.41. The first-order chi connectivity index (χ1) is 17.0. The van der Waals surface area contributed by atoms with E-state index in [1.54, 1.807) is 0 Å². The van der Waals surface area contributed by atoms with E-state index in [1.165, 1.54) is 23.1 Å². The van der Waals surface area contributed by atoms with Crippen molar-refractivity contribution in [3.63, 3.8) is 0 Å². The van der Waals surface area contributed by atoms with Gasteiger partial charge in [-0.1, -0.05) is 36.4 Å². The standard InChI is InChI=1S/C27H37N5O3/c1-21-5-3-6-25(24(21)19-32(20-34)26(7-4-16-33)27(35)28-2)30-17-22-8-10-23(11-9-22)18-31-14-12-29-13-15-31/h3,5-6,8-11,16,20,26,29-30H,4,7,12-15,17-19H2,1-2H3,(H,28,35). The Balaban J connectivity index is 1.67. The van der Waals surface area contributed by atoms with Gasteiger partial charge in [0, 0.05) is 65.0 Å². The van der Waals surface area contributed by atoms with E-state index in [2.05, 4.69) is 45.1 Å². The molecule has 0 radical (unpaired) electrons. The van der Waals surface area contributed by atoms with Crippen molar-refractivity contribution in [2.75, 3.05) is 38.5 Å². The van der Waals surface area contributed by atoms with Gasteiger partial charge in [-0.3, -0.25) is 14.5 Å². The number of hydrogen-bond donors (Lipinski definition) is 3. The summed E-state index contributed by atoms with van der Waals surface area (Å²) in [6.45, 7) is 8.13. The quantitative estimate of drug-likeness (QED) is 0.381. The average molecular weight is 480 g/mol. The highest BCUT2D eigenvalue weighted by atomic mass is 16.2. The molecule has 0 aliphatic carbocycles. The van der Waals surface area contributed by atoms with Crippen LogP contribution < -0.4 is 16.0 Å². The SMILES string of the molecule is CNC(=O)C(CCC=O)N(C=O)Cc1c(C)cccc1NCc1ccc(CN2CCNCC2)cc1. The van der Waals surface area contributed by atoms with Crippen molar-refractivity contribution in [1.29, 1.82) is 0 Å². The zero-order valence-electron chi connectivity index (χ0n) is 20.8. The van der Waals surface area contributed by atoms with Crippen molar-refractivity contribution in [2.24, 2.45) is 0 Å². The largest absolute Gasteiger partial charge is 0.381 e. The lowest BCUT2D eigenvalue weighted by Crippen LogP contribution is -2.45. The zero-order chi connectivity index (χ0) is 25.0. The zero-order valence-corrected chi connectivity index (χ0v) is 20.8. The van der Waals surface area contributed by atoms with Gasteiger partial charge in [0.1, 0.15) is 12.3 Å². The summed E-state index contributed by atoms with van der Waals surface area (Å²) >= 11 is 0. The van der Waals surface area contributed by atoms with E-state index in [4.69, 9.17) is 0 Å². The first-order valence-electron chi connectivity index (χ1n) is 12.2. The van der Waals surface area contributed by atoms with Crippen molar-refractivity contribution in [1.82, 2.24) is 20.4 Å². The van der Waals surface area contributed by atoms with Gasteiger partial charge in [0.25, 0.3) is 0 Å². The van der Waals surface area contributed by atoms with Crippen molar-refractivity contribution in [3.8, 4) is 0 Å². The van der Waals surface area contributed by atoms with E-state index in [0.29, 0.717) is 13.0 Å². The number of carbonyl (C=O) groups excluding carboxylic acids is 3. The predicted molar refractivity (Wildman–Crippen MR) is 138 cm³/mol. The Kier molecular flexibility index (Phi) is 10.3. The van der Waals surface area contributed by atoms with Crippen LogP contribution in [0, 0.1) is 6.92 Å². The van der Waals surface area contributed by atoms with Crippen LogP contribution in [0.3, 0.4) is 0 Å². The van der Waals surface area contributed by atoms with E-state index in [1.807, 2.05) is 25.1 Å². The van der Waals surface area contributed by atoms with E-state index in [9.17, 15) is 14.4 Å². The number of anilines is 1. The number of likely N-dealkylation sites (N-methyl/N-ethyl adjacent to an activating group) is 1. The summed E-state index contributed by atoms with van der Waals surface area (Å²) in [6, 6.07) is 13.9. The van der Waals surface area contributed by atoms with E-state index >= 15 is 0 Å². The van der Waals surface area contributed by atoms with Gasteiger partial charge < -0.3 is 25.6 Å². The molecule has 8 nitrogen and oxygen atoms in total. The summed E-state index contributed by atoms with van der Waals surface area (Å²) < 4.78 is 0. The summed E-state index contributed by atoms with van der Waals surface area (Å²) in [7, 11) is 1.54. The molecule has 1 fully saturated rings. The average Bonchev–Trinajstić information content (AvgIpc) is 2.89. The Morgan fingerprint density at radius 3 is 2.49 bits per heavy atom. The Morgan fingerprint density at radius 1 is 1.11 bits per heavy atom. The summed E-state index contributed by atoms with van der Waals surface area (Å²) in [5.74, 6) is -0.275. The Morgan fingerprint density at radius 2 is 1.83 bits per heavy atom. The molecule has 2 amide bonds. The molecule has 1 saturated heterocycles. The summed E-state index contributed by atoms with van der Waals surface area (Å²) in [6.07, 6.45) is 1.97. The van der Waals surface area contributed by atoms with Crippen LogP contribution in [0.5, 0.6) is 0 Å². The molecule has 1 atom stereocenters. The topological polar surface area (TPSA) is 93.8 Å². The van der Waals surface area contributed by atoms with Gasteiger partial charge in [0.2, 0.25) is 12.3 Å². The fourth-order valence-electron chi connectivity index (χ4n) is 4.41. The molecule has 188 valence electrons. The highest BCUT2D eigenvalue weighted by molar-refractivity contribution is 5.83. The molecule has 0 spiro atoms. The highest BCUT2D eigenvalue weighted by Gasteiger charge is 2.25. The lowest BCUT2D eigenvalue weighted by Gasteiger charge is -2.28. The number of carbonyl (C=O) groups is 3. The summed E-state index contributed by atoms with van der Waals surface area (Å²) in [5.41, 5.74) is 5.38. The lowest BCUT2D eigenvalue weighted by molar-refractivity contribution is -0.133. The minimum absolute atomic E-state index is 0.214. The number of aryl methyl sites for hydroxylation is 1. The maximum atomic E-state index is 12.4. The minimum atomic E-state index is -0.696. The van der Waals surface area contributed by atoms with E-state index in [0.717, 1.165) is 55.8 Å². The van der Waals surface area contributed by atoms with Crippen molar-refractivity contribution in [2.45, 2.75) is 45.4 Å². The van der Waals surface area contributed by atoms with Gasteiger partial charge in [0.05, 0.1) is 0 Å². The van der Waals surface area contributed by atoms with Gasteiger partial charge in [-0.25, -0.2) is 0 Å². The first kappa shape index (κ1) is 26.4. The second-order valence-corrected chi connectivity index (χ2v) is 8.95. The molecule has 35 heavy (non-hydrogen) atoms. The predicted octanol–water partition coefficient (Wildman–Crippen LogP) is 2.06. The maximum absolute atomic E-state index is 12.4. The van der Waals surface area contributed by atoms with Gasteiger partial charge in [-0.15, -0.1) is 0 Å². The van der Waals surface area contributed by atoms with Crippen LogP contribution in [0.1, 0.15) is 35.1 Å². The van der Waals surface area contributed by atoms with Gasteiger partial charge in [0.15, 0.2) is 0 Å². The minimum Gasteiger partial charge on any atom is -0.381 e. The maximum Gasteiger partial charge on any atom is 0.242 e. The van der Waals surface area contributed by atoms with Gasteiger partial charge in [-0.2, -0.15) is 0 Å². The van der Waals surface area contributed by atoms with Crippen molar-refractivity contribution < 1.29 is 14.4 Å². The van der Waals surface area contributed by atoms with E-state index in [-0.39, 0.29) is 25.3 Å². The van der Waals surface area contributed by atoms with Gasteiger partial charge in [-0.05, 0) is 41.7 Å². The Hall–Kier alpha value is -3.23. The van der Waals surface area contributed by atoms with Crippen LogP contribution in [-0.4, -0.2) is 67.7 Å². The molecule has 3 rings (SSSR count). The number of amides is 2. The van der Waals surface area contributed by atoms with Gasteiger partial charge >= 0.3 is 0 Å². The van der Waals surface area contributed by atoms with Crippen LogP contribution in [0.15, 0.2) is 42.5 Å². The second-order valence-electron chi connectivity index (χ2n) is 8.95. The third-order valence-electron chi connectivity index (χ3n) is 6.52. The molecule has 0 aromatic heterocycles. The van der Waals surface area contributed by atoms with Crippen LogP contribution in [0.2, 0.25) is 0 Å². The fraction of sp³-hybridized carbons (Fsp3) is 0.444. The van der Waals surface area contributed by atoms with Crippen molar-refractivity contribution >= 4 is 24.3 Å². The molecule has 1 aliphatic heterocycles. The number of nitrogens with one attached hydrogen (secondary N) is 3. The monoisotopic (exact) mass is 479 g/mol. The summed E-state index contributed by atoms with van der Waals surface area (Å²) in [5, 5.41) is 9.49. The van der Waals surface area contributed by atoms with Crippen molar-refractivity contribution in [3.05, 3.63) is 64.7 Å². The molecular weight excluding hydrogens is 442 g/mol. The number of benzene rings is 2. The number of piperazine rings is 1. The molecular formula is C27H37N5O3. The normalized spacial score (nSPS) is 14.7. The summed E-state index contributed by atoms with van der Waals surface area (Å²) in [4.78, 5) is 39.2. The molecule has 1 heterocycles. The molecule has 0 bridgehead atoms. The van der Waals surface area contributed by atoms with Crippen LogP contribution >= 0.6 is 0 Å². The molecule has 8 heteroatoms. The number of rotatable bonds is 13. The molecule has 2 aromatic rings.